The Hall–Kier alpha value is -2.28. The third-order valence-electron chi connectivity index (χ3n) is 4.45. The van der Waals surface area contributed by atoms with Crippen LogP contribution in [0.25, 0.3) is 0 Å². The highest BCUT2D eigenvalue weighted by Crippen LogP contribution is 2.31. The summed E-state index contributed by atoms with van der Waals surface area (Å²) in [6.07, 6.45) is 1.40. The molecule has 7 nitrogen and oxygen atoms in total. The van der Waals surface area contributed by atoms with Gasteiger partial charge in [0.2, 0.25) is 0 Å². The van der Waals surface area contributed by atoms with Crippen molar-refractivity contribution in [2.75, 3.05) is 27.4 Å². The number of carboxylic acid groups (broad SMARTS) is 1. The number of methoxy groups -OCH3 is 2. The van der Waals surface area contributed by atoms with Crippen LogP contribution in [-0.4, -0.2) is 51.0 Å². The number of ether oxygens (including phenoxy) is 3. The van der Waals surface area contributed by atoms with Crippen LogP contribution < -0.4 is 14.8 Å². The van der Waals surface area contributed by atoms with Gasteiger partial charge in [0, 0.05) is 20.1 Å². The lowest BCUT2D eigenvalue weighted by Gasteiger charge is -2.24. The highest BCUT2D eigenvalue weighted by molar-refractivity contribution is 5.71. The lowest BCUT2D eigenvalue weighted by Crippen LogP contribution is -2.37. The van der Waals surface area contributed by atoms with Gasteiger partial charge >= 0.3 is 6.09 Å². The van der Waals surface area contributed by atoms with Gasteiger partial charge in [0.05, 0.1) is 19.8 Å². The van der Waals surface area contributed by atoms with Gasteiger partial charge in [0.15, 0.2) is 11.5 Å². The summed E-state index contributed by atoms with van der Waals surface area (Å²) in [6.45, 7) is 5.29. The van der Waals surface area contributed by atoms with Crippen LogP contribution in [0.4, 0.5) is 4.79 Å². The van der Waals surface area contributed by atoms with Crippen LogP contribution in [-0.2, 0) is 16.0 Å². The summed E-state index contributed by atoms with van der Waals surface area (Å²) in [7, 11) is 3.25. The molecule has 1 aromatic carbocycles. The van der Waals surface area contributed by atoms with Crippen molar-refractivity contribution in [2.24, 2.45) is 11.8 Å². The van der Waals surface area contributed by atoms with E-state index in [1.807, 2.05) is 18.2 Å². The van der Waals surface area contributed by atoms with Gasteiger partial charge in [-0.3, -0.25) is 0 Å². The maximum atomic E-state index is 11.2. The maximum Gasteiger partial charge on any atom is 0.405 e. The van der Waals surface area contributed by atoms with Gasteiger partial charge in [-0.15, -0.1) is 0 Å². The zero-order valence-electron chi connectivity index (χ0n) is 16.6. The van der Waals surface area contributed by atoms with Gasteiger partial charge in [0.25, 0.3) is 0 Å². The molecule has 2 atom stereocenters. The molecule has 0 aliphatic carbocycles. The molecule has 152 valence electrons. The number of aldehydes is 1. The van der Waals surface area contributed by atoms with Crippen LogP contribution in [0.1, 0.15) is 32.3 Å². The number of nitrogens with one attached hydrogen (secondary N) is 1. The zero-order valence-corrected chi connectivity index (χ0v) is 16.6. The second-order valence-electron chi connectivity index (χ2n) is 6.82. The van der Waals surface area contributed by atoms with Crippen LogP contribution in [0.15, 0.2) is 18.2 Å². The molecule has 1 rings (SSSR count). The Labute approximate surface area is 161 Å². The van der Waals surface area contributed by atoms with Gasteiger partial charge in [-0.25, -0.2) is 4.79 Å². The van der Waals surface area contributed by atoms with E-state index in [1.54, 1.807) is 14.2 Å². The van der Waals surface area contributed by atoms with Crippen LogP contribution in [0.5, 0.6) is 11.5 Å². The topological polar surface area (TPSA) is 94.1 Å². The molecule has 0 spiro atoms. The molecule has 0 unspecified atom stereocenters. The number of amides is 1. The Balaban J connectivity index is 2.85. The average molecular weight is 381 g/mol. The predicted molar refractivity (Wildman–Crippen MR) is 103 cm³/mol. The molecular formula is C20H31NO6. The quantitative estimate of drug-likeness (QED) is 0.403. The maximum absolute atomic E-state index is 11.2. The van der Waals surface area contributed by atoms with Gasteiger partial charge in [-0.1, -0.05) is 19.9 Å². The van der Waals surface area contributed by atoms with Crippen molar-refractivity contribution in [2.45, 2.75) is 39.2 Å². The monoisotopic (exact) mass is 381 g/mol. The highest BCUT2D eigenvalue weighted by atomic mass is 16.5. The molecule has 0 fully saturated rings. The van der Waals surface area contributed by atoms with Crippen molar-refractivity contribution >= 4 is 12.4 Å². The van der Waals surface area contributed by atoms with E-state index >= 15 is 0 Å². The van der Waals surface area contributed by atoms with Crippen LogP contribution in [0, 0.1) is 11.8 Å². The molecule has 1 amide bonds. The minimum atomic E-state index is -1.19. The first kappa shape index (κ1) is 22.8. The van der Waals surface area contributed by atoms with Crippen molar-refractivity contribution in [1.29, 1.82) is 0 Å². The lowest BCUT2D eigenvalue weighted by atomic mass is 9.84. The fourth-order valence-corrected chi connectivity index (χ4v) is 2.87. The third kappa shape index (κ3) is 8.30. The van der Waals surface area contributed by atoms with Gasteiger partial charge < -0.3 is 29.4 Å². The SMILES string of the molecule is COCCCOc1cc(C[C@@H](C[C@@H](C=O)NC(=O)O)C(C)C)ccc1OC. The Kier molecular flexibility index (Phi) is 10.3. The molecule has 0 aromatic heterocycles. The van der Waals surface area contributed by atoms with E-state index in [0.29, 0.717) is 43.8 Å². The first-order valence-corrected chi connectivity index (χ1v) is 9.14. The molecule has 27 heavy (non-hydrogen) atoms. The largest absolute Gasteiger partial charge is 0.493 e. The summed E-state index contributed by atoms with van der Waals surface area (Å²) in [5, 5.41) is 11.1. The van der Waals surface area contributed by atoms with E-state index in [1.165, 1.54) is 0 Å². The normalized spacial score (nSPS) is 13.1. The fraction of sp³-hybridized carbons (Fsp3) is 0.600. The van der Waals surface area contributed by atoms with E-state index < -0.39 is 12.1 Å². The summed E-state index contributed by atoms with van der Waals surface area (Å²) < 4.78 is 16.2. The molecule has 0 radical (unpaired) electrons. The molecule has 7 heteroatoms. The highest BCUT2D eigenvalue weighted by Gasteiger charge is 2.21. The minimum absolute atomic E-state index is 0.141. The van der Waals surface area contributed by atoms with E-state index in [2.05, 4.69) is 19.2 Å². The van der Waals surface area contributed by atoms with Gasteiger partial charge in [-0.05, 0) is 42.4 Å². The molecule has 0 aliphatic rings. The molecule has 0 aliphatic heterocycles. The number of carbonyl (C=O) groups is 2. The summed E-state index contributed by atoms with van der Waals surface area (Å²) in [6, 6.07) is 5.07. The van der Waals surface area contributed by atoms with Gasteiger partial charge in [0.1, 0.15) is 6.29 Å². The summed E-state index contributed by atoms with van der Waals surface area (Å²) in [5.74, 6) is 1.76. The van der Waals surface area contributed by atoms with Crippen molar-refractivity contribution < 1.29 is 28.9 Å². The van der Waals surface area contributed by atoms with E-state index in [9.17, 15) is 9.59 Å². The van der Waals surface area contributed by atoms with Crippen molar-refractivity contribution in [3.8, 4) is 11.5 Å². The smallest absolute Gasteiger partial charge is 0.405 e. The van der Waals surface area contributed by atoms with Crippen molar-refractivity contribution in [3.05, 3.63) is 23.8 Å². The third-order valence-corrected chi connectivity index (χ3v) is 4.45. The molecule has 0 saturated heterocycles. The van der Waals surface area contributed by atoms with Crippen LogP contribution in [0.2, 0.25) is 0 Å². The fourth-order valence-electron chi connectivity index (χ4n) is 2.87. The Morgan fingerprint density at radius 1 is 1.22 bits per heavy atom. The standard InChI is InChI=1S/C20H31NO6/c1-14(2)16(12-17(13-22)21-20(23)24)10-15-6-7-18(26-4)19(11-15)27-9-5-8-25-3/h6-7,11,13-14,16-17,21H,5,8-10,12H2,1-4H3,(H,23,24)/t16-,17-/m0/s1. The summed E-state index contributed by atoms with van der Waals surface area (Å²) >= 11 is 0. The predicted octanol–water partition coefficient (Wildman–Crippen LogP) is 3.15. The Bertz CT molecular complexity index is 590. The lowest BCUT2D eigenvalue weighted by molar-refractivity contribution is -0.109. The molecule has 0 saturated carbocycles. The van der Waals surface area contributed by atoms with Crippen molar-refractivity contribution in [1.82, 2.24) is 5.32 Å². The van der Waals surface area contributed by atoms with Crippen LogP contribution >= 0.6 is 0 Å². The first-order chi connectivity index (χ1) is 12.9. The van der Waals surface area contributed by atoms with E-state index in [4.69, 9.17) is 19.3 Å². The number of rotatable bonds is 13. The van der Waals surface area contributed by atoms with E-state index in [-0.39, 0.29) is 11.8 Å². The van der Waals surface area contributed by atoms with Crippen LogP contribution in [0.3, 0.4) is 0 Å². The number of benzene rings is 1. The molecule has 1 aromatic rings. The first-order valence-electron chi connectivity index (χ1n) is 9.14. The average Bonchev–Trinajstić information content (AvgIpc) is 2.63. The second kappa shape index (κ2) is 12.2. The van der Waals surface area contributed by atoms with E-state index in [0.717, 1.165) is 12.0 Å². The van der Waals surface area contributed by atoms with Crippen molar-refractivity contribution in [3.63, 3.8) is 0 Å². The molecule has 2 N–H and O–H groups in total. The summed E-state index contributed by atoms with van der Waals surface area (Å²) in [5.41, 5.74) is 1.05. The number of hydrogen-bond donors (Lipinski definition) is 2. The minimum Gasteiger partial charge on any atom is -0.493 e. The second-order valence-corrected chi connectivity index (χ2v) is 6.82. The number of carbonyl (C=O) groups excluding carboxylic acids is 1. The molecule has 0 heterocycles. The Morgan fingerprint density at radius 2 is 1.96 bits per heavy atom. The number of hydrogen-bond acceptors (Lipinski definition) is 5. The Morgan fingerprint density at radius 3 is 2.52 bits per heavy atom. The zero-order chi connectivity index (χ0) is 20.2. The molecular weight excluding hydrogens is 350 g/mol. The summed E-state index contributed by atoms with van der Waals surface area (Å²) in [4.78, 5) is 22.0. The molecule has 0 bridgehead atoms. The van der Waals surface area contributed by atoms with Gasteiger partial charge in [-0.2, -0.15) is 0 Å².